The minimum atomic E-state index is -0.871. The molecular weight excluding hydrogens is 318 g/mol. The van der Waals surface area contributed by atoms with Gasteiger partial charge in [-0.15, -0.1) is 11.3 Å². The Kier molecular flexibility index (Phi) is 3.99. The van der Waals surface area contributed by atoms with Crippen LogP contribution in [-0.2, 0) is 10.8 Å². The summed E-state index contributed by atoms with van der Waals surface area (Å²) in [6.45, 7) is 6.90. The zero-order valence-corrected chi connectivity index (χ0v) is 14.6. The van der Waals surface area contributed by atoms with Crippen LogP contribution in [0.1, 0.15) is 29.3 Å². The number of carbonyl (C=O) groups is 1. The lowest BCUT2D eigenvalue weighted by Gasteiger charge is -2.37. The topological polar surface area (TPSA) is 50.5 Å². The molecule has 6 heteroatoms. The lowest BCUT2D eigenvalue weighted by atomic mass is 10.2. The molecular formula is C16H19NO3S2. The minimum Gasteiger partial charge on any atom is -0.461 e. The van der Waals surface area contributed by atoms with Crippen molar-refractivity contribution < 1.29 is 13.4 Å². The van der Waals surface area contributed by atoms with Gasteiger partial charge in [0, 0.05) is 29.6 Å². The van der Waals surface area contributed by atoms with Gasteiger partial charge in [-0.3, -0.25) is 9.00 Å². The van der Waals surface area contributed by atoms with Crippen LogP contribution in [0.5, 0.6) is 0 Å². The fourth-order valence-corrected chi connectivity index (χ4v) is 4.74. The Balaban J connectivity index is 1.79. The molecule has 1 saturated heterocycles. The first-order chi connectivity index (χ1) is 10.4. The smallest absolute Gasteiger partial charge is 0.264 e. The number of nitrogens with zero attached hydrogens (tertiary/aromatic N) is 1. The van der Waals surface area contributed by atoms with Crippen LogP contribution >= 0.6 is 11.3 Å². The van der Waals surface area contributed by atoms with Crippen LogP contribution in [0.2, 0.25) is 0 Å². The van der Waals surface area contributed by atoms with Crippen molar-refractivity contribution in [2.45, 2.75) is 25.5 Å². The molecule has 0 radical (unpaired) electrons. The third-order valence-electron chi connectivity index (χ3n) is 3.82. The molecule has 1 atom stereocenters. The Morgan fingerprint density at radius 2 is 2.09 bits per heavy atom. The van der Waals surface area contributed by atoms with Crippen molar-refractivity contribution in [2.75, 3.05) is 18.8 Å². The number of amides is 1. The Hall–Kier alpha value is -1.40. The highest BCUT2D eigenvalue weighted by atomic mass is 32.2. The molecule has 3 rings (SSSR count). The molecule has 0 spiro atoms. The Labute approximate surface area is 136 Å². The molecule has 3 heterocycles. The molecule has 0 N–H and O–H groups in total. The Morgan fingerprint density at radius 3 is 2.73 bits per heavy atom. The fourth-order valence-electron chi connectivity index (χ4n) is 2.56. The molecule has 4 nitrogen and oxygen atoms in total. The normalized spacial score (nSPS) is 21.0. The predicted octanol–water partition coefficient (Wildman–Crippen LogP) is 3.30. The van der Waals surface area contributed by atoms with E-state index < -0.39 is 10.8 Å². The Morgan fingerprint density at radius 1 is 1.32 bits per heavy atom. The van der Waals surface area contributed by atoms with E-state index in [1.54, 1.807) is 0 Å². The van der Waals surface area contributed by atoms with Crippen molar-refractivity contribution >= 4 is 28.0 Å². The quantitative estimate of drug-likeness (QED) is 0.845. The minimum absolute atomic E-state index is 0.0179. The number of rotatable bonds is 2. The lowest BCUT2D eigenvalue weighted by Crippen LogP contribution is -2.51. The second kappa shape index (κ2) is 5.66. The summed E-state index contributed by atoms with van der Waals surface area (Å²) in [7, 11) is -0.871. The van der Waals surface area contributed by atoms with Crippen LogP contribution in [-0.4, -0.2) is 38.6 Å². The lowest BCUT2D eigenvalue weighted by molar-refractivity contribution is 0.0750. The van der Waals surface area contributed by atoms with E-state index >= 15 is 0 Å². The maximum atomic E-state index is 12.7. The van der Waals surface area contributed by atoms with E-state index in [-0.39, 0.29) is 10.7 Å². The molecule has 1 aliphatic rings. The van der Waals surface area contributed by atoms with Crippen molar-refractivity contribution in [2.24, 2.45) is 0 Å². The Bertz CT molecular complexity index is 729. The number of hydrogen-bond acceptors (Lipinski definition) is 4. The van der Waals surface area contributed by atoms with Gasteiger partial charge in [0.1, 0.15) is 11.5 Å². The number of furan rings is 1. The van der Waals surface area contributed by atoms with Gasteiger partial charge in [0.25, 0.3) is 5.91 Å². The molecule has 0 aromatic carbocycles. The first-order valence-corrected chi connectivity index (χ1v) is 9.35. The first-order valence-electron chi connectivity index (χ1n) is 7.21. The molecule has 1 amide bonds. The second-order valence-corrected chi connectivity index (χ2v) is 9.40. The van der Waals surface area contributed by atoms with E-state index in [0.29, 0.717) is 23.7 Å². The molecule has 0 bridgehead atoms. The molecule has 2 aromatic heterocycles. The summed E-state index contributed by atoms with van der Waals surface area (Å²) in [5.41, 5.74) is 0. The molecule has 0 aliphatic carbocycles. The third kappa shape index (κ3) is 2.90. The molecule has 118 valence electrons. The van der Waals surface area contributed by atoms with Crippen LogP contribution in [0.15, 0.2) is 28.7 Å². The fraction of sp³-hybridized carbons (Fsp3) is 0.438. The van der Waals surface area contributed by atoms with Gasteiger partial charge in [0.05, 0.1) is 14.5 Å². The SMILES string of the molecule is Cc1ccc(-c2ccc(C(=O)N3CC[S@@](=O)C(C)(C)C3)s2)o1. The molecule has 1 aliphatic heterocycles. The second-order valence-electron chi connectivity index (χ2n) is 6.11. The summed E-state index contributed by atoms with van der Waals surface area (Å²) in [5, 5.41) is 0. The summed E-state index contributed by atoms with van der Waals surface area (Å²) < 4.78 is 17.2. The van der Waals surface area contributed by atoms with Gasteiger partial charge in [0.2, 0.25) is 0 Å². The van der Waals surface area contributed by atoms with Crippen molar-refractivity contribution in [1.82, 2.24) is 4.90 Å². The predicted molar refractivity (Wildman–Crippen MR) is 89.7 cm³/mol. The van der Waals surface area contributed by atoms with Gasteiger partial charge in [-0.2, -0.15) is 0 Å². The van der Waals surface area contributed by atoms with E-state index in [4.69, 9.17) is 4.42 Å². The maximum absolute atomic E-state index is 12.7. The van der Waals surface area contributed by atoms with Gasteiger partial charge in [-0.05, 0) is 45.0 Å². The molecule has 2 aromatic rings. The summed E-state index contributed by atoms with van der Waals surface area (Å²) in [6.07, 6.45) is 0. The molecule has 1 fully saturated rings. The van der Waals surface area contributed by atoms with E-state index in [9.17, 15) is 9.00 Å². The number of hydrogen-bond donors (Lipinski definition) is 0. The van der Waals surface area contributed by atoms with Gasteiger partial charge in [0.15, 0.2) is 0 Å². The highest BCUT2D eigenvalue weighted by molar-refractivity contribution is 7.86. The average molecular weight is 337 g/mol. The molecule has 0 unspecified atom stereocenters. The highest BCUT2D eigenvalue weighted by Crippen LogP contribution is 2.31. The van der Waals surface area contributed by atoms with Crippen LogP contribution in [0.25, 0.3) is 10.6 Å². The van der Waals surface area contributed by atoms with E-state index in [1.165, 1.54) is 11.3 Å². The number of carbonyl (C=O) groups excluding carboxylic acids is 1. The van der Waals surface area contributed by atoms with Gasteiger partial charge in [-0.1, -0.05) is 0 Å². The largest absolute Gasteiger partial charge is 0.461 e. The van der Waals surface area contributed by atoms with Crippen molar-refractivity contribution in [3.05, 3.63) is 34.9 Å². The highest BCUT2D eigenvalue weighted by Gasteiger charge is 2.35. The zero-order chi connectivity index (χ0) is 15.9. The third-order valence-corrected chi connectivity index (χ3v) is 6.82. The monoisotopic (exact) mass is 337 g/mol. The van der Waals surface area contributed by atoms with Crippen LogP contribution in [0.4, 0.5) is 0 Å². The van der Waals surface area contributed by atoms with Gasteiger partial charge >= 0.3 is 0 Å². The van der Waals surface area contributed by atoms with Crippen LogP contribution in [0.3, 0.4) is 0 Å². The zero-order valence-electron chi connectivity index (χ0n) is 12.9. The van der Waals surface area contributed by atoms with Gasteiger partial charge < -0.3 is 9.32 Å². The molecule has 22 heavy (non-hydrogen) atoms. The van der Waals surface area contributed by atoms with Crippen molar-refractivity contribution in [1.29, 1.82) is 0 Å². The number of thiophene rings is 1. The number of aryl methyl sites for hydroxylation is 1. The van der Waals surface area contributed by atoms with Crippen LogP contribution in [0, 0.1) is 6.92 Å². The summed E-state index contributed by atoms with van der Waals surface area (Å²) in [5.74, 6) is 2.22. The summed E-state index contributed by atoms with van der Waals surface area (Å²) in [6, 6.07) is 7.60. The van der Waals surface area contributed by atoms with Gasteiger partial charge in [-0.25, -0.2) is 0 Å². The summed E-state index contributed by atoms with van der Waals surface area (Å²) >= 11 is 1.44. The first kappa shape index (κ1) is 15.5. The maximum Gasteiger partial charge on any atom is 0.264 e. The summed E-state index contributed by atoms with van der Waals surface area (Å²) in [4.78, 5) is 16.1. The molecule has 0 saturated carbocycles. The van der Waals surface area contributed by atoms with E-state index in [2.05, 4.69) is 0 Å². The van der Waals surface area contributed by atoms with Crippen molar-refractivity contribution in [3.63, 3.8) is 0 Å². The van der Waals surface area contributed by atoms with Crippen LogP contribution < -0.4 is 0 Å². The average Bonchev–Trinajstić information content (AvgIpc) is 3.09. The van der Waals surface area contributed by atoms with Crippen molar-refractivity contribution in [3.8, 4) is 10.6 Å². The standard InChI is InChI=1S/C16H19NO3S2/c1-11-4-5-12(20-11)13-6-7-14(21-13)15(18)17-8-9-22(19)16(2,3)10-17/h4-7H,8-10H2,1-3H3/t22-/m1/s1. The van der Waals surface area contributed by atoms with E-state index in [1.807, 2.05) is 49.9 Å². The van der Waals surface area contributed by atoms with E-state index in [0.717, 1.165) is 16.4 Å².